The Hall–Kier alpha value is -1.03. The molecule has 14 heavy (non-hydrogen) atoms. The lowest BCUT2D eigenvalue weighted by Gasteiger charge is -2.05. The second kappa shape index (κ2) is 5.65. The van der Waals surface area contributed by atoms with Crippen molar-refractivity contribution < 1.29 is 13.2 Å². The lowest BCUT2D eigenvalue weighted by atomic mass is 10.1. The minimum Gasteiger partial charge on any atom is -0.331 e. The maximum absolute atomic E-state index is 12.0. The first-order valence-corrected chi connectivity index (χ1v) is 4.25. The topological polar surface area (TPSA) is 26.0 Å². The van der Waals surface area contributed by atoms with Crippen LogP contribution in [0.2, 0.25) is 0 Å². The largest absolute Gasteiger partial charge is 0.416 e. The molecule has 0 radical (unpaired) electrons. The summed E-state index contributed by atoms with van der Waals surface area (Å²) in [7, 11) is 0. The van der Waals surface area contributed by atoms with E-state index in [0.717, 1.165) is 18.7 Å². The van der Waals surface area contributed by atoms with Crippen molar-refractivity contribution in [1.82, 2.24) is 0 Å². The molecule has 0 saturated carbocycles. The summed E-state index contributed by atoms with van der Waals surface area (Å²) in [6.45, 7) is 4.29. The Kier molecular flexibility index (Phi) is 5.23. The van der Waals surface area contributed by atoms with Crippen molar-refractivity contribution in [3.8, 4) is 0 Å². The number of halogens is 3. The van der Waals surface area contributed by atoms with Crippen LogP contribution in [0, 0.1) is 6.92 Å². The third kappa shape index (κ3) is 4.87. The zero-order valence-corrected chi connectivity index (χ0v) is 8.23. The Bertz CT molecular complexity index is 268. The van der Waals surface area contributed by atoms with Gasteiger partial charge in [-0.15, -0.1) is 0 Å². The molecular weight excluding hydrogens is 191 g/mol. The highest BCUT2D eigenvalue weighted by Gasteiger charge is 2.29. The van der Waals surface area contributed by atoms with Gasteiger partial charge in [0, 0.05) is 0 Å². The minimum atomic E-state index is -4.22. The van der Waals surface area contributed by atoms with Crippen molar-refractivity contribution in [3.05, 3.63) is 35.4 Å². The van der Waals surface area contributed by atoms with Crippen LogP contribution >= 0.6 is 0 Å². The van der Waals surface area contributed by atoms with Crippen LogP contribution < -0.4 is 5.73 Å². The zero-order chi connectivity index (χ0) is 11.2. The van der Waals surface area contributed by atoms with E-state index in [4.69, 9.17) is 5.73 Å². The van der Waals surface area contributed by atoms with E-state index in [0.29, 0.717) is 5.56 Å². The van der Waals surface area contributed by atoms with Crippen LogP contribution in [0.25, 0.3) is 0 Å². The van der Waals surface area contributed by atoms with Crippen molar-refractivity contribution in [2.75, 3.05) is 6.54 Å². The van der Waals surface area contributed by atoms with Crippen molar-refractivity contribution in [2.24, 2.45) is 5.73 Å². The maximum Gasteiger partial charge on any atom is 0.416 e. The van der Waals surface area contributed by atoms with Gasteiger partial charge in [-0.1, -0.05) is 30.7 Å². The lowest BCUT2D eigenvalue weighted by molar-refractivity contribution is -0.137. The van der Waals surface area contributed by atoms with Gasteiger partial charge in [-0.2, -0.15) is 13.2 Å². The summed E-state index contributed by atoms with van der Waals surface area (Å²) < 4.78 is 35.9. The standard InChI is InChI=1S/C8H7F3.C2H7N/c1-6-3-2-4-7(5-6)8(9,10)11;1-2-3/h2-5H,1H3;2-3H2,1H3. The van der Waals surface area contributed by atoms with E-state index in [9.17, 15) is 13.2 Å². The van der Waals surface area contributed by atoms with E-state index in [1.165, 1.54) is 6.07 Å². The summed E-state index contributed by atoms with van der Waals surface area (Å²) in [5, 5.41) is 0. The van der Waals surface area contributed by atoms with Gasteiger partial charge in [-0.3, -0.25) is 0 Å². The number of rotatable bonds is 0. The molecule has 4 heteroatoms. The Labute approximate surface area is 81.7 Å². The van der Waals surface area contributed by atoms with Gasteiger partial charge in [-0.05, 0) is 19.5 Å². The number of benzene rings is 1. The van der Waals surface area contributed by atoms with Crippen LogP contribution in [0.4, 0.5) is 13.2 Å². The molecule has 1 rings (SSSR count). The minimum absolute atomic E-state index is 0.586. The molecule has 0 aromatic heterocycles. The van der Waals surface area contributed by atoms with Crippen LogP contribution in [0.15, 0.2) is 24.3 Å². The first-order valence-electron chi connectivity index (χ1n) is 4.25. The predicted octanol–water partition coefficient (Wildman–Crippen LogP) is 2.98. The normalized spacial score (nSPS) is 10.4. The Balaban J connectivity index is 0.000000500. The number of hydrogen-bond acceptors (Lipinski definition) is 1. The molecule has 0 aliphatic heterocycles. The first-order chi connectivity index (χ1) is 6.41. The lowest BCUT2D eigenvalue weighted by Crippen LogP contribution is -2.04. The molecule has 0 amide bonds. The van der Waals surface area contributed by atoms with Gasteiger partial charge in [-0.25, -0.2) is 0 Å². The van der Waals surface area contributed by atoms with Crippen molar-refractivity contribution in [2.45, 2.75) is 20.0 Å². The summed E-state index contributed by atoms with van der Waals surface area (Å²) in [5.41, 5.74) is 4.89. The van der Waals surface area contributed by atoms with E-state index in [1.807, 2.05) is 6.92 Å². The smallest absolute Gasteiger partial charge is 0.331 e. The number of aryl methyl sites for hydroxylation is 1. The quantitative estimate of drug-likeness (QED) is 0.692. The maximum atomic E-state index is 12.0. The molecule has 0 unspecified atom stereocenters. The molecular formula is C10H14F3N. The SMILES string of the molecule is CCN.Cc1cccc(C(F)(F)F)c1. The van der Waals surface area contributed by atoms with Crippen molar-refractivity contribution in [3.63, 3.8) is 0 Å². The number of alkyl halides is 3. The Morgan fingerprint density at radius 2 is 1.79 bits per heavy atom. The third-order valence-corrected chi connectivity index (χ3v) is 1.35. The molecule has 0 heterocycles. The molecule has 0 bridgehead atoms. The highest BCUT2D eigenvalue weighted by Crippen LogP contribution is 2.29. The molecule has 80 valence electrons. The van der Waals surface area contributed by atoms with E-state index in [-0.39, 0.29) is 0 Å². The fraction of sp³-hybridized carbons (Fsp3) is 0.400. The highest BCUT2D eigenvalue weighted by atomic mass is 19.4. The summed E-state index contributed by atoms with van der Waals surface area (Å²) in [4.78, 5) is 0. The van der Waals surface area contributed by atoms with Gasteiger partial charge >= 0.3 is 6.18 Å². The van der Waals surface area contributed by atoms with E-state index in [2.05, 4.69) is 0 Å². The molecule has 2 N–H and O–H groups in total. The van der Waals surface area contributed by atoms with Gasteiger partial charge in [0.2, 0.25) is 0 Å². The summed E-state index contributed by atoms with van der Waals surface area (Å²) >= 11 is 0. The Morgan fingerprint density at radius 3 is 2.07 bits per heavy atom. The predicted molar refractivity (Wildman–Crippen MR) is 50.9 cm³/mol. The molecule has 1 aromatic carbocycles. The Morgan fingerprint density at radius 1 is 1.29 bits per heavy atom. The molecule has 0 fully saturated rings. The molecule has 0 atom stereocenters. The molecule has 0 aliphatic carbocycles. The molecule has 0 spiro atoms. The molecule has 1 nitrogen and oxygen atoms in total. The molecule has 0 aliphatic rings. The monoisotopic (exact) mass is 205 g/mol. The van der Waals surface area contributed by atoms with Crippen LogP contribution in [-0.4, -0.2) is 6.54 Å². The molecule has 0 saturated heterocycles. The fourth-order valence-corrected chi connectivity index (χ4v) is 0.821. The van der Waals surface area contributed by atoms with Crippen LogP contribution in [0.5, 0.6) is 0 Å². The average Bonchev–Trinajstić information content (AvgIpc) is 2.04. The van der Waals surface area contributed by atoms with Crippen molar-refractivity contribution >= 4 is 0 Å². The average molecular weight is 205 g/mol. The summed E-state index contributed by atoms with van der Waals surface area (Å²) in [5.74, 6) is 0. The van der Waals surface area contributed by atoms with Crippen LogP contribution in [-0.2, 0) is 6.18 Å². The fourth-order valence-electron chi connectivity index (χ4n) is 0.821. The second-order valence-electron chi connectivity index (χ2n) is 2.78. The van der Waals surface area contributed by atoms with E-state index in [1.54, 1.807) is 13.0 Å². The van der Waals surface area contributed by atoms with Gasteiger partial charge in [0.1, 0.15) is 0 Å². The highest BCUT2D eigenvalue weighted by molar-refractivity contribution is 5.24. The zero-order valence-electron chi connectivity index (χ0n) is 8.23. The molecule has 1 aromatic rings. The second-order valence-corrected chi connectivity index (χ2v) is 2.78. The van der Waals surface area contributed by atoms with E-state index < -0.39 is 11.7 Å². The first kappa shape index (κ1) is 13.0. The summed E-state index contributed by atoms with van der Waals surface area (Å²) in [6, 6.07) is 5.22. The van der Waals surface area contributed by atoms with Gasteiger partial charge in [0.25, 0.3) is 0 Å². The van der Waals surface area contributed by atoms with Gasteiger partial charge in [0.15, 0.2) is 0 Å². The summed E-state index contributed by atoms with van der Waals surface area (Å²) in [6.07, 6.45) is -4.22. The van der Waals surface area contributed by atoms with Gasteiger partial charge < -0.3 is 5.73 Å². The number of hydrogen-bond donors (Lipinski definition) is 1. The number of nitrogens with two attached hydrogens (primary N) is 1. The van der Waals surface area contributed by atoms with Gasteiger partial charge in [0.05, 0.1) is 5.56 Å². The van der Waals surface area contributed by atoms with Crippen LogP contribution in [0.3, 0.4) is 0 Å². The van der Waals surface area contributed by atoms with E-state index >= 15 is 0 Å². The third-order valence-electron chi connectivity index (χ3n) is 1.35. The van der Waals surface area contributed by atoms with Crippen LogP contribution in [0.1, 0.15) is 18.1 Å². The van der Waals surface area contributed by atoms with Crippen molar-refractivity contribution in [1.29, 1.82) is 0 Å².